The van der Waals surface area contributed by atoms with Crippen molar-refractivity contribution >= 4 is 28.9 Å². The molecule has 2 aromatic rings. The Balaban J connectivity index is 1.83. The zero-order chi connectivity index (χ0) is 19.5. The fraction of sp³-hybridized carbons (Fsp3) is 0.333. The monoisotopic (exact) mass is 386 g/mol. The summed E-state index contributed by atoms with van der Waals surface area (Å²) >= 11 is 5.23. The number of anilines is 1. The fourth-order valence-corrected chi connectivity index (χ4v) is 2.67. The van der Waals surface area contributed by atoms with Gasteiger partial charge in [0, 0.05) is 17.3 Å². The van der Waals surface area contributed by atoms with Crippen molar-refractivity contribution in [3.63, 3.8) is 0 Å². The van der Waals surface area contributed by atoms with Gasteiger partial charge in [-0.1, -0.05) is 32.3 Å². The van der Waals surface area contributed by atoms with Gasteiger partial charge in [0.15, 0.2) is 5.11 Å². The van der Waals surface area contributed by atoms with Crippen LogP contribution in [0.2, 0.25) is 0 Å². The van der Waals surface area contributed by atoms with Gasteiger partial charge in [0.2, 0.25) is 0 Å². The number of thiocarbonyl (C=S) groups is 1. The maximum atomic E-state index is 12.2. The number of hydrogen-bond acceptors (Lipinski definition) is 4. The molecule has 0 bridgehead atoms. The molecule has 0 radical (unpaired) electrons. The SMILES string of the molecule is CCCCCCOc1cccc(NC(=S)NC(=O)c2ccc(OC)cc2)c1. The molecule has 1 amide bonds. The summed E-state index contributed by atoms with van der Waals surface area (Å²) in [5, 5.41) is 5.91. The molecular weight excluding hydrogens is 360 g/mol. The van der Waals surface area contributed by atoms with E-state index in [4.69, 9.17) is 21.7 Å². The van der Waals surface area contributed by atoms with Crippen molar-refractivity contribution in [3.8, 4) is 11.5 Å². The van der Waals surface area contributed by atoms with Gasteiger partial charge < -0.3 is 14.8 Å². The van der Waals surface area contributed by atoms with Crippen LogP contribution in [0.5, 0.6) is 11.5 Å². The maximum Gasteiger partial charge on any atom is 0.257 e. The maximum absolute atomic E-state index is 12.2. The van der Waals surface area contributed by atoms with Crippen molar-refractivity contribution in [1.29, 1.82) is 0 Å². The summed E-state index contributed by atoms with van der Waals surface area (Å²) in [6.07, 6.45) is 4.66. The lowest BCUT2D eigenvalue weighted by atomic mass is 10.2. The molecule has 0 spiro atoms. The first-order valence-corrected chi connectivity index (χ1v) is 9.52. The molecule has 0 unspecified atom stereocenters. The van der Waals surface area contributed by atoms with Crippen LogP contribution in [0.4, 0.5) is 5.69 Å². The van der Waals surface area contributed by atoms with E-state index < -0.39 is 0 Å². The van der Waals surface area contributed by atoms with Gasteiger partial charge in [-0.25, -0.2) is 0 Å². The quantitative estimate of drug-likeness (QED) is 0.480. The van der Waals surface area contributed by atoms with E-state index in [1.807, 2.05) is 24.3 Å². The van der Waals surface area contributed by atoms with E-state index in [2.05, 4.69) is 17.6 Å². The van der Waals surface area contributed by atoms with Gasteiger partial charge in [0.05, 0.1) is 13.7 Å². The highest BCUT2D eigenvalue weighted by molar-refractivity contribution is 7.80. The molecule has 2 N–H and O–H groups in total. The molecule has 5 nitrogen and oxygen atoms in total. The van der Waals surface area contributed by atoms with Gasteiger partial charge in [-0.15, -0.1) is 0 Å². The second-order valence-corrected chi connectivity index (χ2v) is 6.48. The molecule has 6 heteroatoms. The van der Waals surface area contributed by atoms with Crippen LogP contribution < -0.4 is 20.1 Å². The van der Waals surface area contributed by atoms with Crippen LogP contribution in [0.3, 0.4) is 0 Å². The Hall–Kier alpha value is -2.60. The molecular formula is C21H26N2O3S. The first-order chi connectivity index (χ1) is 13.1. The Morgan fingerprint density at radius 3 is 2.52 bits per heavy atom. The van der Waals surface area contributed by atoms with Crippen molar-refractivity contribution < 1.29 is 14.3 Å². The minimum absolute atomic E-state index is 0.232. The van der Waals surface area contributed by atoms with Crippen molar-refractivity contribution in [1.82, 2.24) is 5.32 Å². The second kappa shape index (κ2) is 11.2. The molecule has 0 fully saturated rings. The number of unbranched alkanes of at least 4 members (excludes halogenated alkanes) is 3. The Morgan fingerprint density at radius 1 is 1.04 bits per heavy atom. The topological polar surface area (TPSA) is 59.6 Å². The summed E-state index contributed by atoms with van der Waals surface area (Å²) in [5.41, 5.74) is 1.27. The molecule has 144 valence electrons. The van der Waals surface area contributed by atoms with Crippen molar-refractivity contribution in [3.05, 3.63) is 54.1 Å². The Bertz CT molecular complexity index is 747. The molecule has 0 aliphatic heterocycles. The smallest absolute Gasteiger partial charge is 0.257 e. The van der Waals surface area contributed by atoms with E-state index in [0.717, 1.165) is 17.9 Å². The molecule has 0 saturated carbocycles. The largest absolute Gasteiger partial charge is 0.497 e. The number of hydrogen-bond donors (Lipinski definition) is 2. The number of methoxy groups -OCH3 is 1. The first-order valence-electron chi connectivity index (χ1n) is 9.11. The minimum Gasteiger partial charge on any atom is -0.497 e. The molecule has 0 aliphatic rings. The summed E-state index contributed by atoms with van der Waals surface area (Å²) in [4.78, 5) is 12.2. The molecule has 0 saturated heterocycles. The summed E-state index contributed by atoms with van der Waals surface area (Å²) in [7, 11) is 1.58. The third kappa shape index (κ3) is 7.27. The van der Waals surface area contributed by atoms with Crippen LogP contribution in [0.25, 0.3) is 0 Å². The van der Waals surface area contributed by atoms with E-state index in [1.54, 1.807) is 31.4 Å². The van der Waals surface area contributed by atoms with E-state index in [0.29, 0.717) is 17.9 Å². The number of amides is 1. The molecule has 27 heavy (non-hydrogen) atoms. The number of nitrogens with one attached hydrogen (secondary N) is 2. The molecule has 2 rings (SSSR count). The number of carbonyl (C=O) groups is 1. The Kier molecular flexibility index (Phi) is 8.58. The van der Waals surface area contributed by atoms with E-state index in [1.165, 1.54) is 19.3 Å². The Morgan fingerprint density at radius 2 is 1.81 bits per heavy atom. The van der Waals surface area contributed by atoms with Crippen LogP contribution in [-0.4, -0.2) is 24.7 Å². The number of benzene rings is 2. The number of ether oxygens (including phenoxy) is 2. The predicted octanol–water partition coefficient (Wildman–Crippen LogP) is 4.78. The summed E-state index contributed by atoms with van der Waals surface area (Å²) in [6, 6.07) is 14.4. The molecule has 0 heterocycles. The molecule has 0 aliphatic carbocycles. The van der Waals surface area contributed by atoms with Crippen LogP contribution in [0.1, 0.15) is 43.0 Å². The highest BCUT2D eigenvalue weighted by Gasteiger charge is 2.08. The summed E-state index contributed by atoms with van der Waals surface area (Å²) in [5.74, 6) is 1.19. The third-order valence-corrected chi connectivity index (χ3v) is 4.14. The zero-order valence-corrected chi connectivity index (χ0v) is 16.6. The molecule has 0 aromatic heterocycles. The fourth-order valence-electron chi connectivity index (χ4n) is 2.46. The average molecular weight is 387 g/mol. The van der Waals surface area contributed by atoms with Gasteiger partial charge in [0.1, 0.15) is 11.5 Å². The lowest BCUT2D eigenvalue weighted by molar-refractivity contribution is 0.0977. The lowest BCUT2D eigenvalue weighted by Gasteiger charge is -2.12. The zero-order valence-electron chi connectivity index (χ0n) is 15.8. The number of carbonyl (C=O) groups excluding carboxylic acids is 1. The van der Waals surface area contributed by atoms with Gasteiger partial charge in [-0.3, -0.25) is 10.1 Å². The summed E-state index contributed by atoms with van der Waals surface area (Å²) < 4.78 is 10.9. The molecule has 2 aromatic carbocycles. The van der Waals surface area contributed by atoms with Gasteiger partial charge >= 0.3 is 0 Å². The number of rotatable bonds is 9. The van der Waals surface area contributed by atoms with Crippen LogP contribution in [0, 0.1) is 0 Å². The van der Waals surface area contributed by atoms with Crippen molar-refractivity contribution in [2.75, 3.05) is 19.0 Å². The molecule has 0 atom stereocenters. The van der Waals surface area contributed by atoms with Crippen molar-refractivity contribution in [2.45, 2.75) is 32.6 Å². The van der Waals surface area contributed by atoms with E-state index in [9.17, 15) is 4.79 Å². The minimum atomic E-state index is -0.279. The lowest BCUT2D eigenvalue weighted by Crippen LogP contribution is -2.34. The first kappa shape index (κ1) is 20.7. The highest BCUT2D eigenvalue weighted by atomic mass is 32.1. The van der Waals surface area contributed by atoms with Gasteiger partial charge in [-0.2, -0.15) is 0 Å². The Labute approximate surface area is 166 Å². The van der Waals surface area contributed by atoms with Gasteiger partial charge in [0.25, 0.3) is 5.91 Å². The highest BCUT2D eigenvalue weighted by Crippen LogP contribution is 2.18. The standard InChI is InChI=1S/C21H26N2O3S/c1-3-4-5-6-14-26-19-9-7-8-17(15-19)22-21(27)23-20(24)16-10-12-18(25-2)13-11-16/h7-13,15H,3-6,14H2,1-2H3,(H2,22,23,24,27). The van der Waals surface area contributed by atoms with Crippen LogP contribution in [-0.2, 0) is 0 Å². The van der Waals surface area contributed by atoms with Crippen LogP contribution >= 0.6 is 12.2 Å². The van der Waals surface area contributed by atoms with Crippen molar-refractivity contribution in [2.24, 2.45) is 0 Å². The average Bonchev–Trinajstić information content (AvgIpc) is 2.68. The van der Waals surface area contributed by atoms with Crippen LogP contribution in [0.15, 0.2) is 48.5 Å². The third-order valence-electron chi connectivity index (χ3n) is 3.94. The predicted molar refractivity (Wildman–Crippen MR) is 113 cm³/mol. The second-order valence-electron chi connectivity index (χ2n) is 6.07. The normalized spacial score (nSPS) is 10.1. The van der Waals surface area contributed by atoms with Gasteiger partial charge in [-0.05, 0) is 55.0 Å². The van der Waals surface area contributed by atoms with E-state index in [-0.39, 0.29) is 11.0 Å². The summed E-state index contributed by atoms with van der Waals surface area (Å²) in [6.45, 7) is 2.88. The van der Waals surface area contributed by atoms with E-state index >= 15 is 0 Å².